The number of imide groups is 1. The number of anilines is 1. The number of carboxylic acid groups (broad SMARTS) is 1. The Morgan fingerprint density at radius 2 is 1.69 bits per heavy atom. The van der Waals surface area contributed by atoms with E-state index in [1.165, 1.54) is 16.7 Å². The van der Waals surface area contributed by atoms with Gasteiger partial charge in [0.05, 0.1) is 0 Å². The minimum Gasteiger partial charge on any atom is -0.475 e. The summed E-state index contributed by atoms with van der Waals surface area (Å²) >= 11 is 0. The van der Waals surface area contributed by atoms with Crippen LogP contribution in [0.2, 0.25) is 0 Å². The number of benzene rings is 2. The summed E-state index contributed by atoms with van der Waals surface area (Å²) in [6.07, 6.45) is -3.69. The van der Waals surface area contributed by atoms with E-state index in [0.717, 1.165) is 36.3 Å². The molecule has 0 spiro atoms. The predicted octanol–water partition coefficient (Wildman–Crippen LogP) is 3.39. The Kier molecular flexibility index (Phi) is 6.83. The molecule has 10 heteroatoms. The molecule has 0 bridgehead atoms. The van der Waals surface area contributed by atoms with Gasteiger partial charge in [-0.05, 0) is 59.8 Å². The Morgan fingerprint density at radius 1 is 1.03 bits per heavy atom. The van der Waals surface area contributed by atoms with E-state index >= 15 is 0 Å². The number of hydrogen-bond donors (Lipinski definition) is 3. The van der Waals surface area contributed by atoms with Crippen LogP contribution in [-0.4, -0.2) is 42.3 Å². The van der Waals surface area contributed by atoms with Crippen molar-refractivity contribution in [2.75, 3.05) is 18.0 Å². The Hall–Kier alpha value is -3.40. The maximum atomic E-state index is 12.1. The van der Waals surface area contributed by atoms with Crippen LogP contribution in [0.1, 0.15) is 23.1 Å². The van der Waals surface area contributed by atoms with Crippen molar-refractivity contribution in [3.05, 3.63) is 53.1 Å². The number of nitrogens with zero attached hydrogens (tertiary/aromatic N) is 1. The zero-order valence-electron chi connectivity index (χ0n) is 17.3. The number of alkyl halides is 3. The predicted molar refractivity (Wildman–Crippen MR) is 111 cm³/mol. The van der Waals surface area contributed by atoms with Crippen LogP contribution in [0.3, 0.4) is 0 Å². The van der Waals surface area contributed by atoms with Crippen LogP contribution < -0.4 is 15.5 Å². The number of urea groups is 1. The molecular weight excluding hydrogens is 427 g/mol. The molecule has 0 atom stereocenters. The summed E-state index contributed by atoms with van der Waals surface area (Å²) in [6.45, 7) is 4.40. The highest BCUT2D eigenvalue weighted by atomic mass is 19.4. The van der Waals surface area contributed by atoms with Gasteiger partial charge in [-0.2, -0.15) is 13.2 Å². The van der Waals surface area contributed by atoms with Crippen LogP contribution in [0.25, 0.3) is 11.1 Å². The number of rotatable bonds is 2. The number of hydrogen-bond acceptors (Lipinski definition) is 4. The molecule has 2 aliphatic heterocycles. The second-order valence-corrected chi connectivity index (χ2v) is 7.47. The average molecular weight is 449 g/mol. The van der Waals surface area contributed by atoms with E-state index < -0.39 is 12.1 Å². The van der Waals surface area contributed by atoms with Crippen LogP contribution in [0.4, 0.5) is 23.7 Å². The molecule has 1 fully saturated rings. The Balaban J connectivity index is 0.000000360. The zero-order chi connectivity index (χ0) is 23.5. The molecular formula is C22H22F3N3O4. The average Bonchev–Trinajstić information content (AvgIpc) is 2.73. The van der Waals surface area contributed by atoms with Gasteiger partial charge in [0, 0.05) is 25.2 Å². The number of aliphatic carboxylic acids is 1. The second kappa shape index (κ2) is 9.39. The molecule has 0 aliphatic carbocycles. The first-order chi connectivity index (χ1) is 15.1. The first kappa shape index (κ1) is 23.3. The van der Waals surface area contributed by atoms with Crippen LogP contribution in [0.15, 0.2) is 36.4 Å². The van der Waals surface area contributed by atoms with E-state index in [1.807, 2.05) is 13.0 Å². The molecule has 1 saturated heterocycles. The zero-order valence-corrected chi connectivity index (χ0v) is 17.3. The van der Waals surface area contributed by atoms with Gasteiger partial charge in [0.1, 0.15) is 0 Å². The summed E-state index contributed by atoms with van der Waals surface area (Å²) < 4.78 is 31.7. The van der Waals surface area contributed by atoms with Crippen LogP contribution in [0, 0.1) is 6.92 Å². The largest absolute Gasteiger partial charge is 0.490 e. The van der Waals surface area contributed by atoms with Gasteiger partial charge in [-0.15, -0.1) is 0 Å². The third kappa shape index (κ3) is 5.44. The minimum atomic E-state index is -5.08. The molecule has 2 aromatic rings. The van der Waals surface area contributed by atoms with Crippen molar-refractivity contribution < 1.29 is 32.7 Å². The van der Waals surface area contributed by atoms with E-state index in [-0.39, 0.29) is 11.9 Å². The van der Waals surface area contributed by atoms with Gasteiger partial charge in [0.25, 0.3) is 0 Å². The lowest BCUT2D eigenvalue weighted by atomic mass is 9.94. The molecule has 0 unspecified atom stereocenters. The molecule has 170 valence electrons. The molecule has 4 rings (SSSR count). The van der Waals surface area contributed by atoms with Crippen molar-refractivity contribution in [3.63, 3.8) is 0 Å². The third-order valence-corrected chi connectivity index (χ3v) is 5.21. The highest BCUT2D eigenvalue weighted by Crippen LogP contribution is 2.30. The van der Waals surface area contributed by atoms with Crippen molar-refractivity contribution in [1.29, 1.82) is 0 Å². The van der Waals surface area contributed by atoms with Crippen molar-refractivity contribution >= 4 is 23.6 Å². The minimum absolute atomic E-state index is 0.209. The van der Waals surface area contributed by atoms with E-state index in [0.29, 0.717) is 13.0 Å². The molecule has 2 aromatic carbocycles. The maximum absolute atomic E-state index is 12.1. The lowest BCUT2D eigenvalue weighted by molar-refractivity contribution is -0.192. The Labute approximate surface area is 182 Å². The summed E-state index contributed by atoms with van der Waals surface area (Å²) in [5.41, 5.74) is 7.02. The van der Waals surface area contributed by atoms with Crippen molar-refractivity contribution in [3.8, 4) is 11.1 Å². The van der Waals surface area contributed by atoms with Gasteiger partial charge < -0.3 is 10.4 Å². The first-order valence-electron chi connectivity index (χ1n) is 9.91. The van der Waals surface area contributed by atoms with Gasteiger partial charge in [-0.1, -0.05) is 24.3 Å². The smallest absolute Gasteiger partial charge is 0.475 e. The fourth-order valence-corrected chi connectivity index (χ4v) is 3.59. The monoisotopic (exact) mass is 449 g/mol. The van der Waals surface area contributed by atoms with Crippen LogP contribution >= 0.6 is 0 Å². The quantitative estimate of drug-likeness (QED) is 0.653. The van der Waals surface area contributed by atoms with E-state index in [2.05, 4.69) is 41.0 Å². The van der Waals surface area contributed by atoms with Gasteiger partial charge in [-0.3, -0.25) is 15.0 Å². The van der Waals surface area contributed by atoms with Crippen LogP contribution in [-0.2, 0) is 22.6 Å². The molecule has 3 amide bonds. The molecule has 0 aromatic heterocycles. The molecule has 2 aliphatic rings. The first-order valence-corrected chi connectivity index (χ1v) is 9.91. The standard InChI is InChI=1S/C20H21N3O2.C2HF3O2/c1-13-10-14(15-2-3-17-12-21-8-6-16(17)11-15)4-5-18(13)23-9-7-19(24)22-20(23)25;3-2(4,5)1(6)7/h2-5,10-11,21H,6-9,12H2,1H3,(H,22,24,25);(H,6,7). The Morgan fingerprint density at radius 3 is 2.31 bits per heavy atom. The highest BCUT2D eigenvalue weighted by Gasteiger charge is 2.38. The van der Waals surface area contributed by atoms with Crippen molar-refractivity contribution in [2.45, 2.75) is 32.5 Å². The van der Waals surface area contributed by atoms with Gasteiger partial charge >= 0.3 is 18.2 Å². The molecule has 32 heavy (non-hydrogen) atoms. The summed E-state index contributed by atoms with van der Waals surface area (Å²) in [5, 5.41) is 12.9. The third-order valence-electron chi connectivity index (χ3n) is 5.21. The fourth-order valence-electron chi connectivity index (χ4n) is 3.59. The number of aryl methyl sites for hydroxylation is 1. The number of halogens is 3. The van der Waals surface area contributed by atoms with E-state index in [9.17, 15) is 22.8 Å². The molecule has 3 N–H and O–H groups in total. The van der Waals surface area contributed by atoms with Gasteiger partial charge in [-0.25, -0.2) is 9.59 Å². The molecule has 0 radical (unpaired) electrons. The fraction of sp³-hybridized carbons (Fsp3) is 0.318. The van der Waals surface area contributed by atoms with Gasteiger partial charge in [0.15, 0.2) is 0 Å². The van der Waals surface area contributed by atoms with Crippen molar-refractivity contribution in [1.82, 2.24) is 10.6 Å². The SMILES string of the molecule is Cc1cc(-c2ccc3c(c2)CCNC3)ccc1N1CCC(=O)NC1=O.O=C(O)C(F)(F)F. The number of amides is 3. The number of carboxylic acids is 1. The summed E-state index contributed by atoms with van der Waals surface area (Å²) in [7, 11) is 0. The summed E-state index contributed by atoms with van der Waals surface area (Å²) in [4.78, 5) is 33.9. The van der Waals surface area contributed by atoms with Gasteiger partial charge in [0.2, 0.25) is 5.91 Å². The second-order valence-electron chi connectivity index (χ2n) is 7.47. The number of carbonyl (C=O) groups is 3. The van der Waals surface area contributed by atoms with Crippen molar-refractivity contribution in [2.24, 2.45) is 0 Å². The lowest BCUT2D eigenvalue weighted by Crippen LogP contribution is -2.49. The summed E-state index contributed by atoms with van der Waals surface area (Å²) in [5.74, 6) is -2.97. The molecule has 0 saturated carbocycles. The normalized spacial score (nSPS) is 15.9. The highest BCUT2D eigenvalue weighted by molar-refractivity contribution is 6.06. The molecule has 2 heterocycles. The maximum Gasteiger partial charge on any atom is 0.490 e. The summed E-state index contributed by atoms with van der Waals surface area (Å²) in [6, 6.07) is 12.4. The van der Waals surface area contributed by atoms with E-state index in [1.54, 1.807) is 4.90 Å². The van der Waals surface area contributed by atoms with E-state index in [4.69, 9.17) is 9.90 Å². The molecule has 7 nitrogen and oxygen atoms in total. The van der Waals surface area contributed by atoms with Crippen LogP contribution in [0.5, 0.6) is 0 Å². The number of nitrogens with one attached hydrogen (secondary N) is 2. The topological polar surface area (TPSA) is 98.7 Å². The lowest BCUT2D eigenvalue weighted by Gasteiger charge is -2.28. The number of carbonyl (C=O) groups excluding carboxylic acids is 2. The Bertz CT molecular complexity index is 1050. The number of fused-ring (bicyclic) bond motifs is 1.